The Morgan fingerprint density at radius 2 is 1.82 bits per heavy atom. The van der Waals surface area contributed by atoms with Crippen LogP contribution < -0.4 is 5.73 Å². The van der Waals surface area contributed by atoms with Crippen molar-refractivity contribution in [3.05, 3.63) is 58.6 Å². The van der Waals surface area contributed by atoms with Crippen molar-refractivity contribution in [1.29, 1.82) is 0 Å². The first-order valence-electron chi connectivity index (χ1n) is 5.89. The smallest absolute Gasteiger partial charge is 0.0406 e. The van der Waals surface area contributed by atoms with Gasteiger partial charge in [0.25, 0.3) is 0 Å². The van der Waals surface area contributed by atoms with Crippen LogP contribution in [0.2, 0.25) is 5.02 Å². The molecule has 86 valence electrons. The zero-order chi connectivity index (χ0) is 11.8. The molecule has 1 aliphatic rings. The van der Waals surface area contributed by atoms with Gasteiger partial charge in [0.2, 0.25) is 0 Å². The van der Waals surface area contributed by atoms with Crippen molar-refractivity contribution in [1.82, 2.24) is 0 Å². The number of hydrogen-bond donors (Lipinski definition) is 1. The van der Waals surface area contributed by atoms with Crippen molar-refractivity contribution < 1.29 is 0 Å². The zero-order valence-corrected chi connectivity index (χ0v) is 10.2. The maximum Gasteiger partial charge on any atom is 0.0406 e. The highest BCUT2D eigenvalue weighted by atomic mass is 35.5. The van der Waals surface area contributed by atoms with Gasteiger partial charge in [-0.3, -0.25) is 0 Å². The van der Waals surface area contributed by atoms with Crippen molar-refractivity contribution in [3.63, 3.8) is 0 Å². The minimum atomic E-state index is 0.206. The standard InChI is InChI=1S/C15H14ClN/c16-11-6-4-10(5-7-11)12-2-1-3-14-13(12)8-9-15(14)17/h1-7,15H,8-9,17H2. The van der Waals surface area contributed by atoms with E-state index in [0.717, 1.165) is 17.9 Å². The van der Waals surface area contributed by atoms with Gasteiger partial charge in [0.1, 0.15) is 0 Å². The van der Waals surface area contributed by atoms with Gasteiger partial charge in [0.05, 0.1) is 0 Å². The molecule has 2 N–H and O–H groups in total. The van der Waals surface area contributed by atoms with Crippen molar-refractivity contribution in [3.8, 4) is 11.1 Å². The predicted octanol–water partition coefficient (Wildman–Crippen LogP) is 3.95. The molecule has 1 aliphatic carbocycles. The highest BCUT2D eigenvalue weighted by Crippen LogP contribution is 2.36. The van der Waals surface area contributed by atoms with Gasteiger partial charge in [0, 0.05) is 11.1 Å². The minimum absolute atomic E-state index is 0.206. The number of hydrogen-bond acceptors (Lipinski definition) is 1. The molecule has 2 aromatic rings. The van der Waals surface area contributed by atoms with E-state index < -0.39 is 0 Å². The van der Waals surface area contributed by atoms with E-state index in [-0.39, 0.29) is 6.04 Å². The van der Waals surface area contributed by atoms with Crippen LogP contribution in [0.5, 0.6) is 0 Å². The predicted molar refractivity (Wildman–Crippen MR) is 72.1 cm³/mol. The van der Waals surface area contributed by atoms with Crippen molar-refractivity contribution >= 4 is 11.6 Å². The molecule has 1 atom stereocenters. The average Bonchev–Trinajstić information content (AvgIpc) is 2.73. The SMILES string of the molecule is NC1CCc2c(-c3ccc(Cl)cc3)cccc21. The van der Waals surface area contributed by atoms with E-state index in [1.807, 2.05) is 12.1 Å². The molecule has 0 bridgehead atoms. The first-order valence-corrected chi connectivity index (χ1v) is 6.27. The summed E-state index contributed by atoms with van der Waals surface area (Å²) in [7, 11) is 0. The lowest BCUT2D eigenvalue weighted by Crippen LogP contribution is -2.04. The first kappa shape index (κ1) is 10.8. The second kappa shape index (κ2) is 4.17. The van der Waals surface area contributed by atoms with Gasteiger partial charge in [-0.25, -0.2) is 0 Å². The van der Waals surface area contributed by atoms with Crippen LogP contribution in [0.15, 0.2) is 42.5 Å². The fourth-order valence-corrected chi connectivity index (χ4v) is 2.71. The van der Waals surface area contributed by atoms with Crippen molar-refractivity contribution in [2.24, 2.45) is 5.73 Å². The molecule has 0 heterocycles. The van der Waals surface area contributed by atoms with E-state index in [1.165, 1.54) is 22.3 Å². The first-order chi connectivity index (χ1) is 8.25. The van der Waals surface area contributed by atoms with Crippen LogP contribution in [0.4, 0.5) is 0 Å². The summed E-state index contributed by atoms with van der Waals surface area (Å²) in [5.41, 5.74) is 11.3. The Bertz CT molecular complexity index is 545. The quantitative estimate of drug-likeness (QED) is 0.806. The van der Waals surface area contributed by atoms with Crippen LogP contribution in [0, 0.1) is 0 Å². The van der Waals surface area contributed by atoms with E-state index in [4.69, 9.17) is 17.3 Å². The lowest BCUT2D eigenvalue weighted by atomic mass is 9.96. The van der Waals surface area contributed by atoms with Crippen molar-refractivity contribution in [2.75, 3.05) is 0 Å². The molecule has 3 rings (SSSR count). The molecule has 0 saturated heterocycles. The minimum Gasteiger partial charge on any atom is -0.324 e. The summed E-state index contributed by atoms with van der Waals surface area (Å²) in [5.74, 6) is 0. The topological polar surface area (TPSA) is 26.0 Å². The highest BCUT2D eigenvalue weighted by molar-refractivity contribution is 6.30. The normalized spacial score (nSPS) is 18.1. The van der Waals surface area contributed by atoms with E-state index in [2.05, 4.69) is 30.3 Å². The molecule has 2 heteroatoms. The number of nitrogens with two attached hydrogens (primary N) is 1. The third-order valence-corrected chi connectivity index (χ3v) is 3.72. The summed E-state index contributed by atoms with van der Waals surface area (Å²) in [5, 5.41) is 0.776. The molecule has 0 amide bonds. The maximum atomic E-state index is 6.10. The number of rotatable bonds is 1. The largest absolute Gasteiger partial charge is 0.324 e. The third-order valence-electron chi connectivity index (χ3n) is 3.47. The number of fused-ring (bicyclic) bond motifs is 1. The summed E-state index contributed by atoms with van der Waals surface area (Å²) < 4.78 is 0. The van der Waals surface area contributed by atoms with Gasteiger partial charge in [-0.1, -0.05) is 41.9 Å². The molecule has 0 aromatic heterocycles. The van der Waals surface area contributed by atoms with Crippen LogP contribution in [-0.2, 0) is 6.42 Å². The monoisotopic (exact) mass is 243 g/mol. The van der Waals surface area contributed by atoms with Crippen LogP contribution in [-0.4, -0.2) is 0 Å². The van der Waals surface area contributed by atoms with Crippen molar-refractivity contribution in [2.45, 2.75) is 18.9 Å². The molecule has 0 fully saturated rings. The Balaban J connectivity index is 2.13. The highest BCUT2D eigenvalue weighted by Gasteiger charge is 2.21. The second-order valence-electron chi connectivity index (χ2n) is 4.53. The summed E-state index contributed by atoms with van der Waals surface area (Å²) in [6.07, 6.45) is 2.13. The lowest BCUT2D eigenvalue weighted by Gasteiger charge is -2.10. The van der Waals surface area contributed by atoms with Crippen LogP contribution in [0.1, 0.15) is 23.6 Å². The van der Waals surface area contributed by atoms with Gasteiger partial charge in [-0.2, -0.15) is 0 Å². The molecule has 0 saturated carbocycles. The molecule has 0 spiro atoms. The van der Waals surface area contributed by atoms with Gasteiger partial charge in [-0.05, 0) is 47.2 Å². The van der Waals surface area contributed by atoms with Crippen LogP contribution in [0.3, 0.4) is 0 Å². The Labute approximate surface area is 106 Å². The van der Waals surface area contributed by atoms with Gasteiger partial charge in [0.15, 0.2) is 0 Å². The molecule has 0 radical (unpaired) electrons. The number of halogens is 1. The lowest BCUT2D eigenvalue weighted by molar-refractivity contribution is 0.713. The summed E-state index contributed by atoms with van der Waals surface area (Å²) in [4.78, 5) is 0. The zero-order valence-electron chi connectivity index (χ0n) is 9.49. The molecule has 1 nitrogen and oxygen atoms in total. The molecule has 17 heavy (non-hydrogen) atoms. The maximum absolute atomic E-state index is 6.10. The average molecular weight is 244 g/mol. The van der Waals surface area contributed by atoms with Crippen LogP contribution >= 0.6 is 11.6 Å². The molecular formula is C15H14ClN. The summed E-state index contributed by atoms with van der Waals surface area (Å²) >= 11 is 5.92. The summed E-state index contributed by atoms with van der Waals surface area (Å²) in [6, 6.07) is 14.6. The van der Waals surface area contributed by atoms with Gasteiger partial charge >= 0.3 is 0 Å². The Morgan fingerprint density at radius 3 is 2.59 bits per heavy atom. The fourth-order valence-electron chi connectivity index (χ4n) is 2.59. The Kier molecular flexibility index (Phi) is 2.65. The van der Waals surface area contributed by atoms with Gasteiger partial charge < -0.3 is 5.73 Å². The van der Waals surface area contributed by atoms with E-state index in [1.54, 1.807) is 0 Å². The summed E-state index contributed by atoms with van der Waals surface area (Å²) in [6.45, 7) is 0. The number of benzene rings is 2. The molecule has 1 unspecified atom stereocenters. The van der Waals surface area contributed by atoms with E-state index >= 15 is 0 Å². The fraction of sp³-hybridized carbons (Fsp3) is 0.200. The van der Waals surface area contributed by atoms with E-state index in [9.17, 15) is 0 Å². The van der Waals surface area contributed by atoms with Crippen LogP contribution in [0.25, 0.3) is 11.1 Å². The molecule has 2 aromatic carbocycles. The third kappa shape index (κ3) is 1.86. The van der Waals surface area contributed by atoms with E-state index in [0.29, 0.717) is 0 Å². The molecular weight excluding hydrogens is 230 g/mol. The van der Waals surface area contributed by atoms with Gasteiger partial charge in [-0.15, -0.1) is 0 Å². The Morgan fingerprint density at radius 1 is 1.06 bits per heavy atom. The molecule has 0 aliphatic heterocycles. The Hall–Kier alpha value is -1.31. The second-order valence-corrected chi connectivity index (χ2v) is 4.96.